The van der Waals surface area contributed by atoms with Crippen LogP contribution in [0.1, 0.15) is 102 Å². The van der Waals surface area contributed by atoms with Crippen molar-refractivity contribution in [3.05, 3.63) is 94.3 Å². The fraction of sp³-hybridized carbons (Fsp3) is 0.409. The van der Waals surface area contributed by atoms with E-state index in [2.05, 4.69) is 16.0 Å². The molecule has 0 bridgehead atoms. The molecule has 19 heteroatoms. The number of unbranched alkanes of at least 4 members (excludes halogenated alkanes) is 4. The van der Waals surface area contributed by atoms with Crippen molar-refractivity contribution < 1.29 is 60.7 Å². The number of piperidine rings is 1. The lowest BCUT2D eigenvalue weighted by Gasteiger charge is -2.31. The lowest BCUT2D eigenvalue weighted by atomic mass is 9.94. The number of hydrogen-bond acceptors (Lipinski definition) is 10. The number of benzene rings is 3. The Morgan fingerprint density at radius 3 is 2.40 bits per heavy atom. The van der Waals surface area contributed by atoms with E-state index in [-0.39, 0.29) is 54.7 Å². The predicted octanol–water partition coefficient (Wildman–Crippen LogP) is 5.72. The molecule has 0 saturated carbocycles. The van der Waals surface area contributed by atoms with Gasteiger partial charge in [-0.15, -0.1) is 0 Å². The third kappa shape index (κ3) is 9.13. The molecule has 0 radical (unpaired) electrons. The molecule has 3 aromatic rings. The van der Waals surface area contributed by atoms with Crippen molar-refractivity contribution in [2.24, 2.45) is 0 Å². The van der Waals surface area contributed by atoms with E-state index in [9.17, 15) is 55.9 Å². The van der Waals surface area contributed by atoms with Crippen LogP contribution in [-0.2, 0) is 47.3 Å². The number of alkyl halides is 3. The second kappa shape index (κ2) is 18.0. The minimum absolute atomic E-state index is 0.0251. The van der Waals surface area contributed by atoms with Gasteiger partial charge in [0.2, 0.25) is 29.2 Å². The van der Waals surface area contributed by atoms with Gasteiger partial charge in [0.25, 0.3) is 17.7 Å². The molecular weight excluding hydrogens is 833 g/mol. The molecular formula is C44H44F4N6O9. The Morgan fingerprint density at radius 2 is 1.67 bits per heavy atom. The zero-order valence-corrected chi connectivity index (χ0v) is 34.1. The van der Waals surface area contributed by atoms with Gasteiger partial charge in [-0.25, -0.2) is 14.1 Å². The van der Waals surface area contributed by atoms with Gasteiger partial charge in [0.1, 0.15) is 24.4 Å². The molecule has 7 rings (SSSR count). The first kappa shape index (κ1) is 44.4. The maximum absolute atomic E-state index is 13.8. The normalized spacial score (nSPS) is 19.9. The number of rotatable bonds is 16. The van der Waals surface area contributed by atoms with Crippen molar-refractivity contribution in [3.63, 3.8) is 0 Å². The van der Waals surface area contributed by atoms with E-state index >= 15 is 0 Å². The van der Waals surface area contributed by atoms with Gasteiger partial charge < -0.3 is 20.3 Å². The summed E-state index contributed by atoms with van der Waals surface area (Å²) in [4.78, 5) is 105. The number of carbonyl (C=O) groups is 8. The molecule has 4 aliphatic rings. The van der Waals surface area contributed by atoms with E-state index in [1.165, 1.54) is 18.2 Å². The number of aryl methyl sites for hydroxylation is 1. The highest BCUT2D eigenvalue weighted by molar-refractivity contribution is 6.25. The Morgan fingerprint density at radius 1 is 0.937 bits per heavy atom. The topological polar surface area (TPSA) is 192 Å². The Bertz CT molecular complexity index is 2370. The molecule has 8 amide bonds. The van der Waals surface area contributed by atoms with Gasteiger partial charge >= 0.3 is 12.3 Å². The highest BCUT2D eigenvalue weighted by atomic mass is 19.4. The second-order valence-electron chi connectivity index (χ2n) is 16.0. The smallest absolute Gasteiger partial charge is 0.418 e. The fourth-order valence-electron chi connectivity index (χ4n) is 8.41. The predicted molar refractivity (Wildman–Crippen MR) is 215 cm³/mol. The molecule has 3 atom stereocenters. The van der Waals surface area contributed by atoms with E-state index in [1.54, 1.807) is 30.3 Å². The lowest BCUT2D eigenvalue weighted by Crippen LogP contribution is -2.54. The van der Waals surface area contributed by atoms with Crippen LogP contribution in [0.15, 0.2) is 60.7 Å². The summed E-state index contributed by atoms with van der Waals surface area (Å²) in [6.45, 7) is -0.272. The first-order chi connectivity index (χ1) is 30.0. The van der Waals surface area contributed by atoms with Crippen LogP contribution in [-0.4, -0.2) is 93.5 Å². The van der Waals surface area contributed by atoms with Gasteiger partial charge in [0.15, 0.2) is 0 Å². The summed E-state index contributed by atoms with van der Waals surface area (Å²) in [6, 6.07) is 10.9. The zero-order chi connectivity index (χ0) is 45.2. The van der Waals surface area contributed by atoms with Crippen molar-refractivity contribution in [2.75, 3.05) is 23.7 Å². The lowest BCUT2D eigenvalue weighted by molar-refractivity contribution is -0.187. The van der Waals surface area contributed by atoms with Crippen LogP contribution >= 0.6 is 0 Å². The van der Waals surface area contributed by atoms with Crippen LogP contribution < -0.4 is 16.0 Å². The Balaban J connectivity index is 0.855. The number of nitrogens with one attached hydrogen (secondary N) is 3. The van der Waals surface area contributed by atoms with Gasteiger partial charge in [-0.05, 0) is 80.1 Å². The van der Waals surface area contributed by atoms with Crippen molar-refractivity contribution in [1.29, 1.82) is 0 Å². The van der Waals surface area contributed by atoms with Crippen LogP contribution in [0, 0.1) is 5.82 Å². The largest absolute Gasteiger partial charge is 0.427 e. The maximum Gasteiger partial charge on any atom is 0.418 e. The minimum atomic E-state index is -4.83. The molecule has 1 aliphatic carbocycles. The molecule has 3 aromatic carbocycles. The molecule has 63 heavy (non-hydrogen) atoms. The van der Waals surface area contributed by atoms with E-state index in [1.807, 2.05) is 0 Å². The number of nitrogens with zero attached hydrogens (tertiary/aromatic N) is 3. The number of hydrogen-bond donors (Lipinski definition) is 3. The van der Waals surface area contributed by atoms with Gasteiger partial charge in [-0.2, -0.15) is 13.2 Å². The molecule has 15 nitrogen and oxygen atoms in total. The van der Waals surface area contributed by atoms with Gasteiger partial charge in [-0.3, -0.25) is 43.8 Å². The summed E-state index contributed by atoms with van der Waals surface area (Å²) in [7, 11) is 0. The minimum Gasteiger partial charge on any atom is -0.427 e. The quantitative estimate of drug-likeness (QED) is 0.0912. The van der Waals surface area contributed by atoms with Crippen molar-refractivity contribution >= 4 is 58.8 Å². The number of halogens is 4. The van der Waals surface area contributed by atoms with Crippen LogP contribution in [0.3, 0.4) is 0 Å². The summed E-state index contributed by atoms with van der Waals surface area (Å²) in [5.41, 5.74) is 0.714. The first-order valence-electron chi connectivity index (χ1n) is 20.7. The van der Waals surface area contributed by atoms with Gasteiger partial charge in [-0.1, -0.05) is 43.5 Å². The van der Waals surface area contributed by atoms with Crippen LogP contribution in [0.25, 0.3) is 0 Å². The summed E-state index contributed by atoms with van der Waals surface area (Å²) in [5, 5.41) is 8.25. The molecule has 2 saturated heterocycles. The number of ether oxygens (including phenoxy) is 1. The highest BCUT2D eigenvalue weighted by Crippen LogP contribution is 2.46. The Kier molecular flexibility index (Phi) is 12.7. The van der Waals surface area contributed by atoms with E-state index in [0.717, 1.165) is 49.6 Å². The van der Waals surface area contributed by atoms with Gasteiger partial charge in [0, 0.05) is 49.3 Å². The average Bonchev–Trinajstić information content (AvgIpc) is 3.81. The summed E-state index contributed by atoms with van der Waals surface area (Å²) < 4.78 is 60.4. The molecule has 3 aliphatic heterocycles. The first-order valence-corrected chi connectivity index (χ1v) is 20.7. The van der Waals surface area contributed by atoms with Crippen molar-refractivity contribution in [2.45, 2.75) is 102 Å². The number of imide groups is 3. The van der Waals surface area contributed by atoms with Crippen LogP contribution in [0.5, 0.6) is 0 Å². The number of anilines is 2. The Hall–Kier alpha value is -6.66. The fourth-order valence-corrected chi connectivity index (χ4v) is 8.41. The molecule has 2 fully saturated rings. The number of carbonyl (C=O) groups excluding carboxylic acids is 8. The summed E-state index contributed by atoms with van der Waals surface area (Å²) >= 11 is 0. The third-order valence-corrected chi connectivity index (χ3v) is 11.8. The number of amides is 8. The summed E-state index contributed by atoms with van der Waals surface area (Å²) in [5.74, 6) is -5.19. The third-order valence-electron chi connectivity index (χ3n) is 11.8. The molecule has 332 valence electrons. The van der Waals surface area contributed by atoms with Crippen molar-refractivity contribution in [3.8, 4) is 0 Å². The summed E-state index contributed by atoms with van der Waals surface area (Å²) in [6.07, 6.45) is -1.62. The molecule has 3 heterocycles. The molecule has 0 aromatic heterocycles. The van der Waals surface area contributed by atoms with Crippen molar-refractivity contribution in [1.82, 2.24) is 20.0 Å². The van der Waals surface area contributed by atoms with E-state index in [4.69, 9.17) is 4.74 Å². The van der Waals surface area contributed by atoms with Crippen LogP contribution in [0.2, 0.25) is 0 Å². The second-order valence-corrected chi connectivity index (χ2v) is 16.0. The van der Waals surface area contributed by atoms with Gasteiger partial charge in [0.05, 0.1) is 11.1 Å². The molecule has 3 N–H and O–H groups in total. The Labute approximate surface area is 358 Å². The maximum atomic E-state index is 13.8. The molecule has 1 spiro atoms. The van der Waals surface area contributed by atoms with E-state index in [0.29, 0.717) is 45.3 Å². The highest BCUT2D eigenvalue weighted by Gasteiger charge is 2.59. The standard InChI is InChI=1S/C44H44F4N6O9/c1-25(44(46,47)48)52(23-26-11-13-28(45)14-12-26)36(57)24-53-41(61)43(63-42(53)62)20-19-27-22-29(15-16-31(27)43)50-34(55)10-5-3-2-4-6-21-49-32-9-7-8-30-37(32)40(60)54(39(30)59)33-17-18-35(56)51-38(33)58/h7-9,11-16,22,25,33,49H,2-6,10,17-21,23-24H2,1H3,(H,50,55)(H,51,56,58)/t25-,33?,43+/m0/s1. The average molecular weight is 877 g/mol. The SMILES string of the molecule is C[C@H](N(Cc1ccc(F)cc1)C(=O)CN1C(=O)O[C@@]2(CCc3cc(NC(=O)CCCCCCCNc4cccc5c4C(=O)N(C4CCC(=O)NC4=O)C5=O)ccc32)C1=O)C(F)(F)F. The van der Waals surface area contributed by atoms with Crippen LogP contribution in [0.4, 0.5) is 33.7 Å². The zero-order valence-electron chi connectivity index (χ0n) is 34.1. The monoisotopic (exact) mass is 876 g/mol. The molecule has 1 unspecified atom stereocenters. The number of fused-ring (bicyclic) bond motifs is 3. The van der Waals surface area contributed by atoms with E-state index < -0.39 is 84.3 Å².